The summed E-state index contributed by atoms with van der Waals surface area (Å²) in [6.45, 7) is 9.06. The fourth-order valence-corrected chi connectivity index (χ4v) is 10.4. The SMILES string of the molecule is C[Si]1(C)C#C[Si](C)(C)N1. The van der Waals surface area contributed by atoms with E-state index in [4.69, 9.17) is 0 Å². The Morgan fingerprint density at radius 3 is 1.33 bits per heavy atom. The largest absolute Gasteiger partial charge is 0.340 e. The molecule has 0 unspecified atom stereocenters. The highest BCUT2D eigenvalue weighted by Crippen LogP contribution is 2.08. The molecule has 0 aromatic carbocycles. The van der Waals surface area contributed by atoms with Crippen LogP contribution in [-0.2, 0) is 0 Å². The molecule has 1 nitrogen and oxygen atoms in total. The second-order valence-electron chi connectivity index (χ2n) is 3.62. The van der Waals surface area contributed by atoms with E-state index in [1.54, 1.807) is 0 Å². The van der Waals surface area contributed by atoms with Gasteiger partial charge in [-0.1, -0.05) is 0 Å². The summed E-state index contributed by atoms with van der Waals surface area (Å²) in [6, 6.07) is 0. The van der Waals surface area contributed by atoms with Gasteiger partial charge in [0.05, 0.1) is 0 Å². The number of hydrogen-bond acceptors (Lipinski definition) is 1. The van der Waals surface area contributed by atoms with Crippen LogP contribution in [0.3, 0.4) is 0 Å². The Hall–Kier alpha value is -0.0462. The molecule has 0 atom stereocenters. The molecule has 0 bridgehead atoms. The average molecular weight is 155 g/mol. The van der Waals surface area contributed by atoms with Gasteiger partial charge in [0, 0.05) is 0 Å². The van der Waals surface area contributed by atoms with Crippen molar-refractivity contribution < 1.29 is 0 Å². The zero-order valence-electron chi connectivity index (χ0n) is 6.50. The van der Waals surface area contributed by atoms with E-state index in [2.05, 4.69) is 41.9 Å². The fraction of sp³-hybridized carbons (Fsp3) is 0.667. The van der Waals surface area contributed by atoms with Crippen LogP contribution in [0.5, 0.6) is 0 Å². The second-order valence-corrected chi connectivity index (χ2v) is 11.6. The van der Waals surface area contributed by atoms with Crippen LogP contribution in [0.2, 0.25) is 26.2 Å². The average Bonchev–Trinajstić information content (AvgIpc) is 1.78. The summed E-state index contributed by atoms with van der Waals surface area (Å²) < 4.78 is 3.62. The molecule has 0 aromatic heterocycles. The maximum Gasteiger partial charge on any atom is 0.195 e. The van der Waals surface area contributed by atoms with Gasteiger partial charge in [0.2, 0.25) is 0 Å². The molecule has 50 valence electrons. The van der Waals surface area contributed by atoms with Crippen molar-refractivity contribution in [2.24, 2.45) is 0 Å². The van der Waals surface area contributed by atoms with E-state index in [1.807, 2.05) is 0 Å². The summed E-state index contributed by atoms with van der Waals surface area (Å²) in [6.07, 6.45) is 0. The molecule has 9 heavy (non-hydrogen) atoms. The summed E-state index contributed by atoms with van der Waals surface area (Å²) in [5.41, 5.74) is 6.65. The molecule has 0 aromatic rings. The Labute approximate surface area is 59.0 Å². The lowest BCUT2D eigenvalue weighted by Crippen LogP contribution is -2.53. The van der Waals surface area contributed by atoms with Crippen molar-refractivity contribution in [3.63, 3.8) is 0 Å². The van der Waals surface area contributed by atoms with E-state index >= 15 is 0 Å². The van der Waals surface area contributed by atoms with Crippen LogP contribution < -0.4 is 4.65 Å². The molecule has 1 aliphatic rings. The van der Waals surface area contributed by atoms with Crippen LogP contribution in [0.4, 0.5) is 0 Å². The first-order valence-corrected chi connectivity index (χ1v) is 9.25. The van der Waals surface area contributed by atoms with Crippen molar-refractivity contribution in [3.05, 3.63) is 0 Å². The maximum atomic E-state index is 3.62. The molecular weight excluding hydrogens is 142 g/mol. The van der Waals surface area contributed by atoms with Crippen LogP contribution in [-0.4, -0.2) is 16.5 Å². The smallest absolute Gasteiger partial charge is 0.195 e. The molecule has 0 saturated carbocycles. The summed E-state index contributed by atoms with van der Waals surface area (Å²) in [5.74, 6) is 0. The molecule has 0 spiro atoms. The van der Waals surface area contributed by atoms with Crippen molar-refractivity contribution in [1.29, 1.82) is 0 Å². The molecule has 1 rings (SSSR count). The molecule has 0 fully saturated rings. The van der Waals surface area contributed by atoms with Crippen molar-refractivity contribution >= 4 is 16.5 Å². The minimum absolute atomic E-state index is 1.22. The van der Waals surface area contributed by atoms with E-state index in [1.165, 1.54) is 0 Å². The number of rotatable bonds is 0. The van der Waals surface area contributed by atoms with E-state index < -0.39 is 16.5 Å². The molecule has 3 heteroatoms. The highest BCUT2D eigenvalue weighted by molar-refractivity contribution is 7.02. The van der Waals surface area contributed by atoms with E-state index in [0.717, 1.165) is 0 Å². The molecule has 0 aliphatic carbocycles. The van der Waals surface area contributed by atoms with Gasteiger partial charge in [-0.3, -0.25) is 0 Å². The third-order valence-electron chi connectivity index (χ3n) is 1.31. The molecule has 0 amide bonds. The number of nitrogens with one attached hydrogen (secondary N) is 1. The van der Waals surface area contributed by atoms with Crippen LogP contribution in [0.25, 0.3) is 0 Å². The van der Waals surface area contributed by atoms with Gasteiger partial charge in [-0.25, -0.2) is 0 Å². The van der Waals surface area contributed by atoms with Gasteiger partial charge >= 0.3 is 0 Å². The first-order valence-electron chi connectivity index (χ1n) is 3.25. The maximum absolute atomic E-state index is 3.62. The normalized spacial score (nSPS) is 27.1. The predicted octanol–water partition coefficient (Wildman–Crippen LogP) is 1.08. The monoisotopic (exact) mass is 155 g/mol. The zero-order valence-corrected chi connectivity index (χ0v) is 8.50. The third-order valence-corrected chi connectivity index (χ3v) is 8.06. The van der Waals surface area contributed by atoms with Gasteiger partial charge in [0.15, 0.2) is 16.5 Å². The summed E-state index contributed by atoms with van der Waals surface area (Å²) in [4.78, 5) is 0. The van der Waals surface area contributed by atoms with Gasteiger partial charge in [-0.05, 0) is 26.2 Å². The van der Waals surface area contributed by atoms with Crippen LogP contribution in [0.15, 0.2) is 0 Å². The molecule has 0 radical (unpaired) electrons. The highest BCUT2D eigenvalue weighted by atomic mass is 28.4. The Bertz CT molecular complexity index is 167. The molecule has 1 aliphatic heterocycles. The van der Waals surface area contributed by atoms with E-state index in [9.17, 15) is 0 Å². The van der Waals surface area contributed by atoms with Gasteiger partial charge in [-0.2, -0.15) is 0 Å². The topological polar surface area (TPSA) is 12.0 Å². The molecule has 1 N–H and O–H groups in total. The summed E-state index contributed by atoms with van der Waals surface area (Å²) in [5, 5.41) is 0. The van der Waals surface area contributed by atoms with Crippen LogP contribution in [0, 0.1) is 11.1 Å². The second kappa shape index (κ2) is 1.72. The van der Waals surface area contributed by atoms with Crippen molar-refractivity contribution in [2.75, 3.05) is 0 Å². The fourth-order valence-electron chi connectivity index (χ4n) is 1.16. The first kappa shape index (κ1) is 7.07. The Morgan fingerprint density at radius 1 is 0.889 bits per heavy atom. The Balaban J connectivity index is 2.76. The lowest BCUT2D eigenvalue weighted by Gasteiger charge is -2.19. The molecule has 1 heterocycles. The summed E-state index contributed by atoms with van der Waals surface area (Å²) in [7, 11) is -2.45. The highest BCUT2D eigenvalue weighted by Gasteiger charge is 2.33. The van der Waals surface area contributed by atoms with E-state index in [-0.39, 0.29) is 0 Å². The van der Waals surface area contributed by atoms with Gasteiger partial charge in [0.1, 0.15) is 0 Å². The van der Waals surface area contributed by atoms with Crippen molar-refractivity contribution in [1.82, 2.24) is 4.65 Å². The predicted molar refractivity (Wildman–Crippen MR) is 45.9 cm³/mol. The van der Waals surface area contributed by atoms with Crippen molar-refractivity contribution in [3.8, 4) is 11.1 Å². The van der Waals surface area contributed by atoms with Crippen molar-refractivity contribution in [2.45, 2.75) is 26.2 Å². The van der Waals surface area contributed by atoms with Crippen LogP contribution in [0.1, 0.15) is 0 Å². The molecular formula is C6H13NSi2. The van der Waals surface area contributed by atoms with Crippen LogP contribution >= 0.6 is 0 Å². The minimum atomic E-state index is -1.22. The zero-order chi connectivity index (χ0) is 7.12. The standard InChI is InChI=1S/C6H13NSi2/c1-8(2)5-6-9(3,4)7-8/h7H,1-4H3. The van der Waals surface area contributed by atoms with E-state index in [0.29, 0.717) is 0 Å². The quantitative estimate of drug-likeness (QED) is 0.408. The minimum Gasteiger partial charge on any atom is -0.340 e. The molecule has 0 saturated heterocycles. The van der Waals surface area contributed by atoms with Gasteiger partial charge < -0.3 is 4.65 Å². The number of hydrogen-bond donors (Lipinski definition) is 1. The summed E-state index contributed by atoms with van der Waals surface area (Å²) >= 11 is 0. The lowest BCUT2D eigenvalue weighted by molar-refractivity contribution is 1.38. The first-order chi connectivity index (χ1) is 3.91. The van der Waals surface area contributed by atoms with Gasteiger partial charge in [-0.15, -0.1) is 11.1 Å². The van der Waals surface area contributed by atoms with Gasteiger partial charge in [0.25, 0.3) is 0 Å². The lowest BCUT2D eigenvalue weighted by atomic mass is 11.4. The Morgan fingerprint density at radius 2 is 1.22 bits per heavy atom. The third kappa shape index (κ3) is 1.68. The Kier molecular flexibility index (Phi) is 1.35.